The van der Waals surface area contributed by atoms with E-state index in [1.165, 1.54) is 6.07 Å². The zero-order valence-electron chi connectivity index (χ0n) is 16.2. The van der Waals surface area contributed by atoms with Gasteiger partial charge in [0.1, 0.15) is 16.0 Å². The molecule has 0 spiro atoms. The third-order valence-electron chi connectivity index (χ3n) is 4.47. The molecule has 1 heterocycles. The zero-order valence-corrected chi connectivity index (χ0v) is 21.9. The van der Waals surface area contributed by atoms with Crippen LogP contribution in [0.2, 0.25) is 0 Å². The first-order valence-corrected chi connectivity index (χ1v) is 10.2. The predicted molar refractivity (Wildman–Crippen MR) is 95.6 cm³/mol. The molecule has 0 saturated heterocycles. The predicted octanol–water partition coefficient (Wildman–Crippen LogP) is -4.46. The maximum Gasteiger partial charge on any atom is 1.00 e. The van der Waals surface area contributed by atoms with Crippen LogP contribution in [-0.4, -0.2) is 29.5 Å². The van der Waals surface area contributed by atoms with E-state index in [-0.39, 0.29) is 75.9 Å². The number of hydrogen-bond acceptors (Lipinski definition) is 10. The molecule has 3 aromatic rings. The fourth-order valence-electron chi connectivity index (χ4n) is 3.17. The third kappa shape index (κ3) is 5.29. The first-order chi connectivity index (χ1) is 13.8. The summed E-state index contributed by atoms with van der Waals surface area (Å²) < 4.78 is 37.9. The molecule has 9 nitrogen and oxygen atoms in total. The van der Waals surface area contributed by atoms with Crippen molar-refractivity contribution in [2.75, 3.05) is 0 Å². The first-order valence-electron chi connectivity index (χ1n) is 8.02. The average molecular weight is 477 g/mol. The Balaban J connectivity index is 0.00000171. The molecule has 1 aliphatic carbocycles. The fourth-order valence-corrected chi connectivity index (χ4v) is 4.06. The molecule has 0 fully saturated rings. The quantitative estimate of drug-likeness (QED) is 0.0881. The smallest absolute Gasteiger partial charge is 0.744 e. The number of carbonyl (C=O) groups is 2. The van der Waals surface area contributed by atoms with E-state index in [0.29, 0.717) is 22.5 Å². The maximum atomic E-state index is 12.8. The number of pyridine rings is 1. The van der Waals surface area contributed by atoms with E-state index < -0.39 is 32.5 Å². The van der Waals surface area contributed by atoms with Crippen molar-refractivity contribution in [3.63, 3.8) is 0 Å². The second kappa shape index (κ2) is 10.5. The van der Waals surface area contributed by atoms with Gasteiger partial charge in [-0.15, -0.1) is 0 Å². The van der Waals surface area contributed by atoms with Crippen LogP contribution in [0, 0.1) is 0 Å². The molecule has 0 saturated carbocycles. The molecule has 13 heteroatoms. The van der Waals surface area contributed by atoms with Crippen LogP contribution in [0.4, 0.5) is 0 Å². The molecule has 1 aliphatic rings. The summed E-state index contributed by atoms with van der Waals surface area (Å²) in [5.41, 5.74) is 0.545. The van der Waals surface area contributed by atoms with Crippen LogP contribution in [0.5, 0.6) is 0 Å². The Morgan fingerprint density at radius 1 is 0.935 bits per heavy atom. The molecule has 1 atom stereocenters. The Bertz CT molecular complexity index is 1280. The Morgan fingerprint density at radius 2 is 1.61 bits per heavy atom. The second-order valence-corrected chi connectivity index (χ2v) is 8.29. The van der Waals surface area contributed by atoms with E-state index >= 15 is 0 Å². The molecule has 0 bridgehead atoms. The monoisotopic (exact) mass is 477 g/mol. The number of nitrogens with zero attached hydrogens (tertiary/aromatic N) is 1. The molecule has 148 valence electrons. The molecule has 1 aromatic heterocycles. The normalized spacial score (nSPS) is 15.4. The zero-order chi connectivity index (χ0) is 20.8. The number of ketones is 2. The van der Waals surface area contributed by atoms with Crippen molar-refractivity contribution in [3.05, 3.63) is 65.4 Å². The van der Waals surface area contributed by atoms with E-state index in [4.69, 9.17) is 0 Å². The number of rotatable bonds is 5. The standard InChI is InChI=1S/C18H11NO8S2.2Na/c20-17-12-5-4-11(29(23,24)25)8-13(12)18(21)16(17)14-6-2-9-1-3-10(28-27-26-22)7-15(9)19-14;;/h1-8,16,22H,(H,23,24,25);;/q;2*+1/p-2. The second-order valence-electron chi connectivity index (χ2n) is 6.13. The molecular weight excluding hydrogens is 468 g/mol. The molecule has 0 aliphatic heterocycles. The van der Waals surface area contributed by atoms with Gasteiger partial charge in [-0.1, -0.05) is 12.1 Å². The van der Waals surface area contributed by atoms with Crippen LogP contribution in [0.3, 0.4) is 0 Å². The molecule has 1 unspecified atom stereocenters. The fraction of sp³-hybridized carbons (Fsp3) is 0.0556. The summed E-state index contributed by atoms with van der Waals surface area (Å²) in [5.74, 6) is -2.40. The van der Waals surface area contributed by atoms with E-state index in [1.54, 1.807) is 24.3 Å². The Kier molecular flexibility index (Phi) is 9.01. The molecule has 31 heavy (non-hydrogen) atoms. The van der Waals surface area contributed by atoms with Crippen molar-refractivity contribution in [1.82, 2.24) is 4.98 Å². The van der Waals surface area contributed by atoms with Crippen LogP contribution in [0.15, 0.2) is 58.3 Å². The number of fused-ring (bicyclic) bond motifs is 2. The summed E-state index contributed by atoms with van der Waals surface area (Å²) >= 11 is 0.673. The third-order valence-corrected chi connectivity index (χ3v) is 5.88. The van der Waals surface area contributed by atoms with E-state index in [1.807, 2.05) is 0 Å². The molecule has 2 aromatic carbocycles. The van der Waals surface area contributed by atoms with Gasteiger partial charge in [0, 0.05) is 21.4 Å². The van der Waals surface area contributed by atoms with E-state index in [9.17, 15) is 27.8 Å². The van der Waals surface area contributed by atoms with Gasteiger partial charge in [-0.3, -0.25) is 19.6 Å². The summed E-state index contributed by atoms with van der Waals surface area (Å²) in [6.45, 7) is 0. The van der Waals surface area contributed by atoms with Gasteiger partial charge in [0.25, 0.3) is 0 Å². The van der Waals surface area contributed by atoms with Gasteiger partial charge >= 0.3 is 59.1 Å². The SMILES string of the molecule is O=C1c2ccc(S(=O)(=O)[O-])cc2C(=O)C1c1ccc2ccc(SOO[O-])cc2n1.[Na+].[Na+]. The van der Waals surface area contributed by atoms with Crippen molar-refractivity contribution < 1.29 is 96.3 Å². The van der Waals surface area contributed by atoms with Crippen LogP contribution in [0.1, 0.15) is 32.3 Å². The largest absolute Gasteiger partial charge is 1.00 e. The minimum Gasteiger partial charge on any atom is -0.744 e. The Morgan fingerprint density at radius 3 is 2.29 bits per heavy atom. The van der Waals surface area contributed by atoms with Crippen molar-refractivity contribution in [2.24, 2.45) is 0 Å². The molecule has 0 amide bonds. The summed E-state index contributed by atoms with van der Waals surface area (Å²) in [5, 5.41) is 14.0. The van der Waals surface area contributed by atoms with Crippen molar-refractivity contribution in [1.29, 1.82) is 0 Å². The van der Waals surface area contributed by atoms with Gasteiger partial charge in [0.05, 0.1) is 28.1 Å². The van der Waals surface area contributed by atoms with Gasteiger partial charge in [-0.25, -0.2) is 8.42 Å². The summed E-state index contributed by atoms with van der Waals surface area (Å²) in [4.78, 5) is 29.9. The number of Topliss-reactive ketones (excluding diaryl/α,β-unsaturated/α-hetero) is 2. The maximum absolute atomic E-state index is 12.8. The van der Waals surface area contributed by atoms with Crippen molar-refractivity contribution in [2.45, 2.75) is 15.7 Å². The minimum atomic E-state index is -4.76. The molecular formula is C18H9NNa2O8S2. The van der Waals surface area contributed by atoms with Gasteiger partial charge in [-0.2, -0.15) is 4.33 Å². The van der Waals surface area contributed by atoms with Gasteiger partial charge in [0.15, 0.2) is 11.6 Å². The van der Waals surface area contributed by atoms with E-state index in [0.717, 1.165) is 23.6 Å². The van der Waals surface area contributed by atoms with Crippen molar-refractivity contribution >= 4 is 44.6 Å². The molecule has 0 radical (unpaired) electrons. The number of benzene rings is 2. The molecule has 0 N–H and O–H groups in total. The topological polar surface area (TPSA) is 146 Å². The van der Waals surface area contributed by atoms with Crippen LogP contribution in [0.25, 0.3) is 10.9 Å². The van der Waals surface area contributed by atoms with Gasteiger partial charge < -0.3 is 9.81 Å². The first kappa shape index (κ1) is 26.6. The van der Waals surface area contributed by atoms with E-state index in [2.05, 4.69) is 14.4 Å². The van der Waals surface area contributed by atoms with Crippen LogP contribution < -0.4 is 64.4 Å². The molecule has 4 rings (SSSR count). The Labute approximate surface area is 224 Å². The number of carbonyl (C=O) groups excluding carboxylic acids is 2. The Hall–Kier alpha value is -0.670. The van der Waals surface area contributed by atoms with Gasteiger partial charge in [-0.05, 0) is 36.4 Å². The van der Waals surface area contributed by atoms with Gasteiger partial charge in [0.2, 0.25) is 0 Å². The average Bonchev–Trinajstić information content (AvgIpc) is 2.95. The number of aromatic nitrogens is 1. The minimum absolute atomic E-state index is 0. The van der Waals surface area contributed by atoms with Crippen LogP contribution >= 0.6 is 12.0 Å². The summed E-state index contributed by atoms with van der Waals surface area (Å²) in [6.07, 6.45) is 0. The summed E-state index contributed by atoms with van der Waals surface area (Å²) in [7, 11) is -4.76. The van der Waals surface area contributed by atoms with Crippen molar-refractivity contribution in [3.8, 4) is 0 Å². The van der Waals surface area contributed by atoms with Crippen LogP contribution in [-0.2, 0) is 19.5 Å². The number of hydrogen-bond donors (Lipinski definition) is 0. The summed E-state index contributed by atoms with van der Waals surface area (Å²) in [6, 6.07) is 11.3.